The molecule has 1 saturated heterocycles. The summed E-state index contributed by atoms with van der Waals surface area (Å²) in [5.41, 5.74) is 0.520. The first-order valence-corrected chi connectivity index (χ1v) is 7.04. The predicted molar refractivity (Wildman–Crippen MR) is 91.7 cm³/mol. The zero-order chi connectivity index (χ0) is 14.2. The van der Waals surface area contributed by atoms with Crippen LogP contribution in [0.3, 0.4) is 0 Å². The van der Waals surface area contributed by atoms with Crippen molar-refractivity contribution in [3.63, 3.8) is 0 Å². The molecule has 0 amide bonds. The number of rotatable bonds is 6. The summed E-state index contributed by atoms with van der Waals surface area (Å²) < 4.78 is 10.4. The monoisotopic (exact) mass is 350 g/mol. The molecule has 0 atom stereocenters. The van der Waals surface area contributed by atoms with Crippen LogP contribution in [0.25, 0.3) is 0 Å². The van der Waals surface area contributed by atoms with Crippen molar-refractivity contribution in [1.82, 2.24) is 10.2 Å². The molecule has 1 aliphatic heterocycles. The third-order valence-electron chi connectivity index (χ3n) is 3.35. The second-order valence-electron chi connectivity index (χ2n) is 4.81. The van der Waals surface area contributed by atoms with E-state index in [-0.39, 0.29) is 30.8 Å². The van der Waals surface area contributed by atoms with Gasteiger partial charge < -0.3 is 19.7 Å². The lowest BCUT2D eigenvalue weighted by atomic mass is 10.2. The van der Waals surface area contributed by atoms with Crippen LogP contribution < -0.4 is 10.1 Å². The average molecular weight is 351 g/mol. The highest BCUT2D eigenvalue weighted by molar-refractivity contribution is 5.89. The van der Waals surface area contributed by atoms with Gasteiger partial charge in [0.2, 0.25) is 0 Å². The van der Waals surface area contributed by atoms with E-state index in [2.05, 4.69) is 15.0 Å². The fraction of sp³-hybridized carbons (Fsp3) is 0.533. The zero-order valence-electron chi connectivity index (χ0n) is 12.7. The number of piperazine rings is 1. The van der Waals surface area contributed by atoms with Gasteiger partial charge in [-0.2, -0.15) is 0 Å². The van der Waals surface area contributed by atoms with Gasteiger partial charge in [0.05, 0.1) is 19.3 Å². The summed E-state index contributed by atoms with van der Waals surface area (Å²) in [6.45, 7) is 6.08. The van der Waals surface area contributed by atoms with Crippen molar-refractivity contribution in [3.8, 4) is 5.75 Å². The maximum Gasteiger partial charge on any atom is 0.337 e. The number of nitrogens with one attached hydrogen (secondary N) is 1. The smallest absolute Gasteiger partial charge is 0.337 e. The first-order valence-electron chi connectivity index (χ1n) is 7.04. The summed E-state index contributed by atoms with van der Waals surface area (Å²) >= 11 is 0. The zero-order valence-corrected chi connectivity index (χ0v) is 14.4. The van der Waals surface area contributed by atoms with Gasteiger partial charge in [-0.05, 0) is 24.6 Å². The van der Waals surface area contributed by atoms with Crippen LogP contribution in [0.1, 0.15) is 16.8 Å². The van der Waals surface area contributed by atoms with E-state index in [4.69, 9.17) is 4.74 Å². The van der Waals surface area contributed by atoms with Gasteiger partial charge in [-0.25, -0.2) is 4.79 Å². The number of ether oxygens (including phenoxy) is 2. The highest BCUT2D eigenvalue weighted by Gasteiger charge is 2.09. The topological polar surface area (TPSA) is 50.8 Å². The van der Waals surface area contributed by atoms with Gasteiger partial charge in [-0.15, -0.1) is 24.8 Å². The standard InChI is InChI=1S/C15H22N2O3.2ClH/c1-19-15(18)13-4-2-5-14(12-13)20-11-3-8-17-9-6-16-7-10-17;;/h2,4-5,12,16H,3,6-11H2,1H3;2*1H. The molecular formula is C15H24Cl2N2O3. The van der Waals surface area contributed by atoms with E-state index in [0.717, 1.165) is 39.1 Å². The molecule has 0 spiro atoms. The Hall–Kier alpha value is -1.01. The number of halogens is 2. The molecule has 1 aromatic carbocycles. The van der Waals surface area contributed by atoms with Gasteiger partial charge in [-0.3, -0.25) is 0 Å². The maximum atomic E-state index is 11.4. The van der Waals surface area contributed by atoms with Gasteiger partial charge in [-0.1, -0.05) is 6.07 Å². The molecule has 0 bridgehead atoms. The first kappa shape index (κ1) is 21.0. The second kappa shape index (κ2) is 11.5. The van der Waals surface area contributed by atoms with Crippen LogP contribution in [0.4, 0.5) is 0 Å². The Morgan fingerprint density at radius 1 is 1.27 bits per heavy atom. The van der Waals surface area contributed by atoms with E-state index in [1.54, 1.807) is 18.2 Å². The summed E-state index contributed by atoms with van der Waals surface area (Å²) in [7, 11) is 1.38. The molecule has 2 rings (SSSR count). The van der Waals surface area contributed by atoms with Gasteiger partial charge >= 0.3 is 5.97 Å². The van der Waals surface area contributed by atoms with Crippen molar-refractivity contribution < 1.29 is 14.3 Å². The van der Waals surface area contributed by atoms with Crippen molar-refractivity contribution in [2.75, 3.05) is 46.4 Å². The fourth-order valence-corrected chi connectivity index (χ4v) is 2.24. The number of carbonyl (C=O) groups is 1. The SMILES string of the molecule is COC(=O)c1cccc(OCCCN2CCNCC2)c1.Cl.Cl. The lowest BCUT2D eigenvalue weighted by Gasteiger charge is -2.26. The van der Waals surface area contributed by atoms with Crippen LogP contribution in [0.2, 0.25) is 0 Å². The van der Waals surface area contributed by atoms with Gasteiger partial charge in [0, 0.05) is 32.7 Å². The molecule has 1 aromatic rings. The highest BCUT2D eigenvalue weighted by atomic mass is 35.5. The summed E-state index contributed by atoms with van der Waals surface area (Å²) in [6.07, 6.45) is 0.989. The second-order valence-corrected chi connectivity index (χ2v) is 4.81. The molecule has 7 heteroatoms. The molecule has 126 valence electrons. The molecule has 1 fully saturated rings. The molecule has 0 aromatic heterocycles. The average Bonchev–Trinajstić information content (AvgIpc) is 2.52. The largest absolute Gasteiger partial charge is 0.494 e. The Labute approximate surface area is 144 Å². The molecule has 0 unspecified atom stereocenters. The van der Waals surface area contributed by atoms with Crippen molar-refractivity contribution in [2.45, 2.75) is 6.42 Å². The Kier molecular flexibility index (Phi) is 11.0. The number of hydrogen-bond acceptors (Lipinski definition) is 5. The minimum Gasteiger partial charge on any atom is -0.494 e. The van der Waals surface area contributed by atoms with Crippen molar-refractivity contribution in [2.24, 2.45) is 0 Å². The Bertz CT molecular complexity index is 441. The van der Waals surface area contributed by atoms with E-state index in [9.17, 15) is 4.79 Å². The third-order valence-corrected chi connectivity index (χ3v) is 3.35. The molecule has 1 heterocycles. The van der Waals surface area contributed by atoms with Crippen molar-refractivity contribution in [1.29, 1.82) is 0 Å². The van der Waals surface area contributed by atoms with E-state index >= 15 is 0 Å². The van der Waals surface area contributed by atoms with Gasteiger partial charge in [0.15, 0.2) is 0 Å². The lowest BCUT2D eigenvalue weighted by Crippen LogP contribution is -2.43. The normalized spacial score (nSPS) is 14.4. The van der Waals surface area contributed by atoms with Crippen LogP contribution >= 0.6 is 24.8 Å². The van der Waals surface area contributed by atoms with Crippen molar-refractivity contribution in [3.05, 3.63) is 29.8 Å². The van der Waals surface area contributed by atoms with E-state index in [1.165, 1.54) is 7.11 Å². The summed E-state index contributed by atoms with van der Waals surface area (Å²) in [6, 6.07) is 7.10. The minimum atomic E-state index is -0.337. The molecule has 5 nitrogen and oxygen atoms in total. The minimum absolute atomic E-state index is 0. The first-order chi connectivity index (χ1) is 9.79. The molecule has 1 aliphatic rings. The van der Waals surface area contributed by atoms with Crippen LogP contribution in [0.5, 0.6) is 5.75 Å². The molecule has 0 aliphatic carbocycles. The highest BCUT2D eigenvalue weighted by Crippen LogP contribution is 2.14. The van der Waals surface area contributed by atoms with Gasteiger partial charge in [0.1, 0.15) is 5.75 Å². The van der Waals surface area contributed by atoms with Gasteiger partial charge in [0.25, 0.3) is 0 Å². The quantitative estimate of drug-likeness (QED) is 0.628. The van der Waals surface area contributed by atoms with E-state index in [0.29, 0.717) is 17.9 Å². The fourth-order valence-electron chi connectivity index (χ4n) is 2.24. The van der Waals surface area contributed by atoms with Crippen LogP contribution in [0, 0.1) is 0 Å². The van der Waals surface area contributed by atoms with E-state index < -0.39 is 0 Å². The van der Waals surface area contributed by atoms with Crippen molar-refractivity contribution >= 4 is 30.8 Å². The number of nitrogens with zero attached hydrogens (tertiary/aromatic N) is 1. The Morgan fingerprint density at radius 3 is 2.68 bits per heavy atom. The number of benzene rings is 1. The summed E-state index contributed by atoms with van der Waals surface area (Å²) in [5, 5.41) is 3.34. The number of methoxy groups -OCH3 is 1. The number of hydrogen-bond donors (Lipinski definition) is 1. The molecule has 0 radical (unpaired) electrons. The Morgan fingerprint density at radius 2 is 2.00 bits per heavy atom. The maximum absolute atomic E-state index is 11.4. The molecule has 0 saturated carbocycles. The molecule has 22 heavy (non-hydrogen) atoms. The molecule has 1 N–H and O–H groups in total. The summed E-state index contributed by atoms with van der Waals surface area (Å²) in [4.78, 5) is 13.8. The Balaban J connectivity index is 0.00000220. The molecular weight excluding hydrogens is 327 g/mol. The number of esters is 1. The van der Waals surface area contributed by atoms with Crippen LogP contribution in [0.15, 0.2) is 24.3 Å². The third kappa shape index (κ3) is 6.83. The van der Waals surface area contributed by atoms with E-state index in [1.807, 2.05) is 6.07 Å². The van der Waals surface area contributed by atoms with Crippen LogP contribution in [-0.4, -0.2) is 57.3 Å². The summed E-state index contributed by atoms with van der Waals surface area (Å²) in [5.74, 6) is 0.379. The van der Waals surface area contributed by atoms with Crippen LogP contribution in [-0.2, 0) is 4.74 Å². The number of carbonyl (C=O) groups excluding carboxylic acids is 1. The lowest BCUT2D eigenvalue weighted by molar-refractivity contribution is 0.0600. The predicted octanol–water partition coefficient (Wildman–Crippen LogP) is 1.99.